The summed E-state index contributed by atoms with van der Waals surface area (Å²) >= 11 is 0. The van der Waals surface area contributed by atoms with Crippen molar-refractivity contribution in [1.82, 2.24) is 0 Å². The second kappa shape index (κ2) is 6.20. The third-order valence-electron chi connectivity index (χ3n) is 2.28. The van der Waals surface area contributed by atoms with Gasteiger partial charge in [0.05, 0.1) is 0 Å². The Morgan fingerprint density at radius 1 is 0.588 bits per heavy atom. The first kappa shape index (κ1) is 13.4. The van der Waals surface area contributed by atoms with Crippen molar-refractivity contribution < 1.29 is 9.59 Å². The zero-order valence-electron chi connectivity index (χ0n) is 8.59. The summed E-state index contributed by atoms with van der Waals surface area (Å²) in [4.78, 5) is 23.6. The Morgan fingerprint density at radius 2 is 0.882 bits per heavy atom. The van der Waals surface area contributed by atoms with E-state index in [1.165, 1.54) is 0 Å². The van der Waals surface area contributed by atoms with Crippen molar-refractivity contribution in [3.63, 3.8) is 0 Å². The molecule has 0 aliphatic heterocycles. The molecule has 0 N–H and O–H groups in total. The maximum absolute atomic E-state index is 11.8. The van der Waals surface area contributed by atoms with Gasteiger partial charge in [-0.25, -0.2) is 0 Å². The summed E-state index contributed by atoms with van der Waals surface area (Å²) in [7, 11) is 0. The van der Waals surface area contributed by atoms with E-state index in [1.807, 2.05) is 12.1 Å². The predicted octanol–water partition coefficient (Wildman–Crippen LogP) is 2.10. The van der Waals surface area contributed by atoms with Crippen molar-refractivity contribution in [3.8, 4) is 0 Å². The number of Topliss-reactive ketones (excluding diaryl/α,β-unsaturated/α-hetero) is 2. The van der Waals surface area contributed by atoms with Crippen molar-refractivity contribution in [3.05, 3.63) is 71.8 Å². The Balaban J connectivity index is 0.00000144. The van der Waals surface area contributed by atoms with Crippen LogP contribution in [0, 0.1) is 0 Å². The Kier molecular flexibility index (Phi) is 4.90. The Bertz CT molecular complexity index is 457. The topological polar surface area (TPSA) is 34.1 Å². The fraction of sp³-hybridized carbons (Fsp3) is 0. The maximum atomic E-state index is 11.8. The fourth-order valence-corrected chi connectivity index (χ4v) is 1.44. The van der Waals surface area contributed by atoms with Gasteiger partial charge in [-0.3, -0.25) is 9.59 Å². The molecule has 0 unspecified atom stereocenters. The summed E-state index contributed by atoms with van der Waals surface area (Å²) in [6.45, 7) is 0. The van der Waals surface area contributed by atoms with Gasteiger partial charge in [0.1, 0.15) is 0 Å². The van der Waals surface area contributed by atoms with Crippen molar-refractivity contribution in [2.75, 3.05) is 0 Å². The molecule has 0 atom stereocenters. The van der Waals surface area contributed by atoms with Crippen molar-refractivity contribution in [2.24, 2.45) is 0 Å². The summed E-state index contributed by atoms with van der Waals surface area (Å²) in [5.41, 5.74) is 0.854. The third kappa shape index (κ3) is 3.17. The van der Waals surface area contributed by atoms with Crippen LogP contribution < -0.4 is 0 Å². The number of carbonyl (C=O) groups excluding carboxylic acids is 2. The molecule has 0 heterocycles. The molecule has 3 heteroatoms. The van der Waals surface area contributed by atoms with E-state index in [1.54, 1.807) is 48.5 Å². The van der Waals surface area contributed by atoms with Crippen LogP contribution in [0.3, 0.4) is 0 Å². The molecule has 0 radical (unpaired) electrons. The van der Waals surface area contributed by atoms with Crippen LogP contribution in [0.2, 0.25) is 0 Å². The van der Waals surface area contributed by atoms with Gasteiger partial charge >= 0.3 is 18.9 Å². The van der Waals surface area contributed by atoms with Crippen molar-refractivity contribution >= 4 is 30.4 Å². The van der Waals surface area contributed by atoms with E-state index >= 15 is 0 Å². The summed E-state index contributed by atoms with van der Waals surface area (Å²) in [5.74, 6) is -0.932. The van der Waals surface area contributed by atoms with Gasteiger partial charge in [-0.05, 0) is 0 Å². The number of hydrogen-bond acceptors (Lipinski definition) is 2. The quantitative estimate of drug-likeness (QED) is 0.449. The van der Waals surface area contributed by atoms with Crippen LogP contribution in [-0.2, 0) is 0 Å². The number of rotatable bonds is 3. The molecule has 0 aliphatic rings. The molecular formula is C14H11LiO2. The van der Waals surface area contributed by atoms with E-state index in [0.717, 1.165) is 0 Å². The van der Waals surface area contributed by atoms with Crippen molar-refractivity contribution in [1.29, 1.82) is 0 Å². The normalized spacial score (nSPS) is 9.18. The Morgan fingerprint density at radius 3 is 1.18 bits per heavy atom. The number of benzene rings is 2. The standard InChI is InChI=1S/C14H10O2.Li.H/c15-13(11-7-3-1-4-8-11)14(16)12-9-5-2-6-10-12;;/h1-10H;;. The predicted molar refractivity (Wildman–Crippen MR) is 68.7 cm³/mol. The van der Waals surface area contributed by atoms with Crippen LogP contribution >= 0.6 is 0 Å². The summed E-state index contributed by atoms with van der Waals surface area (Å²) in [5, 5.41) is 0. The van der Waals surface area contributed by atoms with Gasteiger partial charge in [-0.1, -0.05) is 60.7 Å². The van der Waals surface area contributed by atoms with Crippen LogP contribution in [0.4, 0.5) is 0 Å². The average Bonchev–Trinajstić information content (AvgIpc) is 2.39. The minimum atomic E-state index is -0.466. The van der Waals surface area contributed by atoms with Crippen LogP contribution in [0.15, 0.2) is 60.7 Å². The molecule has 17 heavy (non-hydrogen) atoms. The van der Waals surface area contributed by atoms with E-state index < -0.39 is 11.6 Å². The van der Waals surface area contributed by atoms with Crippen molar-refractivity contribution in [2.45, 2.75) is 0 Å². The zero-order valence-corrected chi connectivity index (χ0v) is 8.59. The minimum absolute atomic E-state index is 0. The SMILES string of the molecule is O=C(C(=O)c1ccccc1)c1ccccc1.[LiH]. The fourth-order valence-electron chi connectivity index (χ4n) is 1.44. The molecule has 0 bridgehead atoms. The first-order valence-electron chi connectivity index (χ1n) is 4.98. The van der Waals surface area contributed by atoms with Crippen LogP contribution in [0.25, 0.3) is 0 Å². The van der Waals surface area contributed by atoms with Gasteiger partial charge in [0.25, 0.3) is 0 Å². The average molecular weight is 218 g/mol. The molecule has 0 spiro atoms. The van der Waals surface area contributed by atoms with Gasteiger partial charge in [0, 0.05) is 11.1 Å². The van der Waals surface area contributed by atoms with Gasteiger partial charge in [-0.15, -0.1) is 0 Å². The summed E-state index contributed by atoms with van der Waals surface area (Å²) in [6, 6.07) is 17.2. The molecule has 2 aromatic rings. The molecule has 0 aromatic heterocycles. The first-order valence-corrected chi connectivity index (χ1v) is 4.98. The monoisotopic (exact) mass is 218 g/mol. The third-order valence-corrected chi connectivity index (χ3v) is 2.28. The molecule has 2 rings (SSSR count). The van der Waals surface area contributed by atoms with E-state index in [0.29, 0.717) is 11.1 Å². The Hall–Kier alpha value is -1.62. The molecule has 80 valence electrons. The number of carbonyl (C=O) groups is 2. The van der Waals surface area contributed by atoms with Crippen LogP contribution in [-0.4, -0.2) is 30.4 Å². The van der Waals surface area contributed by atoms with Crippen LogP contribution in [0.5, 0.6) is 0 Å². The van der Waals surface area contributed by atoms with E-state index in [4.69, 9.17) is 0 Å². The molecule has 0 saturated heterocycles. The number of ketones is 2. The molecule has 0 amide bonds. The molecule has 0 saturated carbocycles. The van der Waals surface area contributed by atoms with Gasteiger partial charge in [0.2, 0.25) is 11.6 Å². The second-order valence-corrected chi connectivity index (χ2v) is 3.39. The molecule has 2 nitrogen and oxygen atoms in total. The molecule has 2 aromatic carbocycles. The Labute approximate surface area is 112 Å². The van der Waals surface area contributed by atoms with Gasteiger partial charge in [0.15, 0.2) is 0 Å². The first-order chi connectivity index (χ1) is 7.79. The van der Waals surface area contributed by atoms with E-state index in [2.05, 4.69) is 0 Å². The van der Waals surface area contributed by atoms with Crippen LogP contribution in [0.1, 0.15) is 20.7 Å². The summed E-state index contributed by atoms with van der Waals surface area (Å²) in [6.07, 6.45) is 0. The van der Waals surface area contributed by atoms with Gasteiger partial charge < -0.3 is 0 Å². The van der Waals surface area contributed by atoms with E-state index in [9.17, 15) is 9.59 Å². The van der Waals surface area contributed by atoms with E-state index in [-0.39, 0.29) is 18.9 Å². The summed E-state index contributed by atoms with van der Waals surface area (Å²) < 4.78 is 0. The second-order valence-electron chi connectivity index (χ2n) is 3.39. The number of hydrogen-bond donors (Lipinski definition) is 0. The molecular weight excluding hydrogens is 207 g/mol. The van der Waals surface area contributed by atoms with Gasteiger partial charge in [-0.2, -0.15) is 0 Å². The molecule has 0 fully saturated rings. The zero-order chi connectivity index (χ0) is 11.4. The molecule has 0 aliphatic carbocycles.